The second-order valence-corrected chi connectivity index (χ2v) is 11.1. The van der Waals surface area contributed by atoms with Crippen molar-refractivity contribution in [1.82, 2.24) is 0 Å². The Hall–Kier alpha value is -1.07. The lowest BCUT2D eigenvalue weighted by molar-refractivity contribution is 0.222. The zero-order valence-electron chi connectivity index (χ0n) is 12.2. The Morgan fingerprint density at radius 3 is 2.37 bits per heavy atom. The monoisotopic (exact) mass is 285 g/mol. The molecular formula is C14H22FO3Si. The van der Waals surface area contributed by atoms with Gasteiger partial charge in [-0.3, -0.25) is 0 Å². The smallest absolute Gasteiger partial charge is 0.165 e. The molecule has 107 valence electrons. The average Bonchev–Trinajstić information content (AvgIpc) is 2.33. The molecule has 0 aliphatic carbocycles. The highest BCUT2D eigenvalue weighted by atomic mass is 28.3. The second-order valence-electron chi connectivity index (χ2n) is 5.50. The summed E-state index contributed by atoms with van der Waals surface area (Å²) in [6.07, 6.45) is 0. The van der Waals surface area contributed by atoms with Gasteiger partial charge in [0.05, 0.1) is 19.8 Å². The average molecular weight is 285 g/mol. The van der Waals surface area contributed by atoms with Gasteiger partial charge in [-0.15, -0.1) is 0 Å². The molecule has 0 fully saturated rings. The maximum absolute atomic E-state index is 13.6. The van der Waals surface area contributed by atoms with E-state index in [-0.39, 0.29) is 5.75 Å². The molecule has 0 saturated heterocycles. The predicted molar refractivity (Wildman–Crippen MR) is 77.0 cm³/mol. The highest BCUT2D eigenvalue weighted by molar-refractivity contribution is 6.76. The molecule has 5 heteroatoms. The van der Waals surface area contributed by atoms with Gasteiger partial charge in [0.25, 0.3) is 0 Å². The van der Waals surface area contributed by atoms with Gasteiger partial charge in [-0.25, -0.2) is 4.39 Å². The van der Waals surface area contributed by atoms with Crippen LogP contribution >= 0.6 is 0 Å². The maximum atomic E-state index is 13.6. The number of hydrogen-bond acceptors (Lipinski definition) is 3. The van der Waals surface area contributed by atoms with Crippen molar-refractivity contribution in [2.75, 3.05) is 20.8 Å². The highest BCUT2D eigenvalue weighted by Gasteiger charge is 2.17. The summed E-state index contributed by atoms with van der Waals surface area (Å²) in [7, 11) is 1.83. The molecule has 1 aromatic carbocycles. The fraction of sp³-hybridized carbons (Fsp3) is 0.500. The van der Waals surface area contributed by atoms with Gasteiger partial charge >= 0.3 is 0 Å². The molecule has 0 saturated carbocycles. The van der Waals surface area contributed by atoms with Crippen molar-refractivity contribution in [2.24, 2.45) is 0 Å². The summed E-state index contributed by atoms with van der Waals surface area (Å²) in [5.74, 6) is 0.252. The van der Waals surface area contributed by atoms with Crippen molar-refractivity contribution < 1.29 is 18.6 Å². The van der Waals surface area contributed by atoms with Crippen LogP contribution in [0.4, 0.5) is 4.39 Å². The van der Waals surface area contributed by atoms with E-state index in [1.165, 1.54) is 26.9 Å². The SMILES string of the molecule is COc1ccc(F)c(OC)c1[CH]OCC[Si](C)(C)C. The van der Waals surface area contributed by atoms with Gasteiger partial charge in [-0.05, 0) is 18.2 Å². The van der Waals surface area contributed by atoms with Crippen LogP contribution in [0, 0.1) is 12.4 Å². The summed E-state index contributed by atoms with van der Waals surface area (Å²) in [4.78, 5) is 0. The van der Waals surface area contributed by atoms with Crippen LogP contribution in [0.1, 0.15) is 5.56 Å². The molecule has 0 unspecified atom stereocenters. The van der Waals surface area contributed by atoms with E-state index < -0.39 is 13.9 Å². The normalized spacial score (nSPS) is 11.5. The van der Waals surface area contributed by atoms with Crippen LogP contribution in [0.5, 0.6) is 11.5 Å². The Morgan fingerprint density at radius 2 is 1.84 bits per heavy atom. The summed E-state index contributed by atoms with van der Waals surface area (Å²) in [5.41, 5.74) is 0.501. The molecule has 0 bridgehead atoms. The number of rotatable bonds is 7. The molecule has 0 heterocycles. The van der Waals surface area contributed by atoms with Crippen molar-refractivity contribution in [3.05, 3.63) is 30.1 Å². The number of hydrogen-bond donors (Lipinski definition) is 0. The third-order valence-corrected chi connectivity index (χ3v) is 4.41. The topological polar surface area (TPSA) is 27.7 Å². The van der Waals surface area contributed by atoms with Crippen LogP contribution in [0.25, 0.3) is 0 Å². The highest BCUT2D eigenvalue weighted by Crippen LogP contribution is 2.32. The van der Waals surface area contributed by atoms with E-state index in [0.29, 0.717) is 17.9 Å². The molecule has 1 aromatic rings. The third-order valence-electron chi connectivity index (χ3n) is 2.70. The first-order chi connectivity index (χ1) is 8.89. The van der Waals surface area contributed by atoms with Gasteiger partial charge < -0.3 is 14.2 Å². The summed E-state index contributed by atoms with van der Waals surface area (Å²) in [6.45, 7) is 8.97. The van der Waals surface area contributed by atoms with Crippen molar-refractivity contribution in [1.29, 1.82) is 0 Å². The van der Waals surface area contributed by atoms with E-state index in [1.807, 2.05) is 0 Å². The van der Waals surface area contributed by atoms with Crippen molar-refractivity contribution in [2.45, 2.75) is 25.7 Å². The molecule has 0 spiro atoms. The van der Waals surface area contributed by atoms with Crippen LogP contribution in [0.3, 0.4) is 0 Å². The van der Waals surface area contributed by atoms with Crippen LogP contribution in [0.15, 0.2) is 12.1 Å². The van der Waals surface area contributed by atoms with Crippen molar-refractivity contribution in [3.63, 3.8) is 0 Å². The lowest BCUT2D eigenvalue weighted by atomic mass is 10.2. The standard InChI is InChI=1S/C14H22FO3Si/c1-16-13-7-6-12(15)14(17-2)11(13)10-18-8-9-19(3,4)5/h6-7,10H,8-9H2,1-5H3. The Balaban J connectivity index is 2.73. The molecule has 0 N–H and O–H groups in total. The molecule has 3 nitrogen and oxygen atoms in total. The predicted octanol–water partition coefficient (Wildman–Crippen LogP) is 3.71. The quantitative estimate of drug-likeness (QED) is 0.564. The summed E-state index contributed by atoms with van der Waals surface area (Å²) >= 11 is 0. The summed E-state index contributed by atoms with van der Waals surface area (Å²) in [5, 5.41) is 0. The van der Waals surface area contributed by atoms with Crippen molar-refractivity contribution >= 4 is 8.07 Å². The fourth-order valence-electron chi connectivity index (χ4n) is 1.56. The summed E-state index contributed by atoms with van der Waals surface area (Å²) < 4.78 is 29.4. The number of methoxy groups -OCH3 is 2. The van der Waals surface area contributed by atoms with Gasteiger partial charge in [0.15, 0.2) is 11.6 Å². The molecule has 1 radical (unpaired) electrons. The summed E-state index contributed by atoms with van der Waals surface area (Å²) in [6, 6.07) is 3.92. The lowest BCUT2D eigenvalue weighted by Crippen LogP contribution is -2.21. The van der Waals surface area contributed by atoms with Gasteiger partial charge in [0, 0.05) is 14.7 Å². The van der Waals surface area contributed by atoms with Gasteiger partial charge in [0.2, 0.25) is 0 Å². The minimum Gasteiger partial charge on any atom is -0.496 e. The molecule has 0 aliphatic rings. The zero-order valence-corrected chi connectivity index (χ0v) is 13.2. The van der Waals surface area contributed by atoms with E-state index in [9.17, 15) is 4.39 Å². The molecule has 0 atom stereocenters. The van der Waals surface area contributed by atoms with E-state index in [2.05, 4.69) is 19.6 Å². The minimum atomic E-state index is -1.13. The fourth-order valence-corrected chi connectivity index (χ4v) is 2.29. The molecular weight excluding hydrogens is 263 g/mol. The Bertz CT molecular complexity index is 416. The number of ether oxygens (including phenoxy) is 3. The first kappa shape index (κ1) is 16.0. The third kappa shape index (κ3) is 4.84. The molecule has 1 rings (SSSR count). The van der Waals surface area contributed by atoms with Crippen LogP contribution in [-0.4, -0.2) is 28.9 Å². The Labute approximate surface area is 115 Å². The molecule has 0 amide bonds. The van der Waals surface area contributed by atoms with E-state index in [4.69, 9.17) is 14.2 Å². The van der Waals surface area contributed by atoms with Crippen molar-refractivity contribution in [3.8, 4) is 11.5 Å². The van der Waals surface area contributed by atoms with Gasteiger partial charge in [0.1, 0.15) is 12.4 Å². The van der Waals surface area contributed by atoms with E-state index in [1.54, 1.807) is 6.07 Å². The van der Waals surface area contributed by atoms with Crippen LogP contribution < -0.4 is 9.47 Å². The number of halogens is 1. The Kier molecular flexibility index (Phi) is 5.81. The largest absolute Gasteiger partial charge is 0.496 e. The van der Waals surface area contributed by atoms with Gasteiger partial charge in [-0.1, -0.05) is 19.6 Å². The first-order valence-electron chi connectivity index (χ1n) is 6.24. The second kappa shape index (κ2) is 6.91. The number of benzene rings is 1. The van der Waals surface area contributed by atoms with Crippen LogP contribution in [0.2, 0.25) is 25.7 Å². The van der Waals surface area contributed by atoms with Gasteiger partial charge in [-0.2, -0.15) is 0 Å². The van der Waals surface area contributed by atoms with Crippen LogP contribution in [-0.2, 0) is 4.74 Å². The Morgan fingerprint density at radius 1 is 1.16 bits per heavy atom. The molecule has 19 heavy (non-hydrogen) atoms. The molecule has 0 aliphatic heterocycles. The first-order valence-corrected chi connectivity index (χ1v) is 9.95. The molecule has 0 aromatic heterocycles. The maximum Gasteiger partial charge on any atom is 0.165 e. The zero-order chi connectivity index (χ0) is 14.5. The minimum absolute atomic E-state index is 0.146. The van der Waals surface area contributed by atoms with E-state index in [0.717, 1.165) is 6.04 Å². The van der Waals surface area contributed by atoms with E-state index >= 15 is 0 Å². The lowest BCUT2D eigenvalue weighted by Gasteiger charge is -2.17.